The molecule has 0 saturated heterocycles. The third-order valence-corrected chi connectivity index (χ3v) is 5.56. The number of ether oxygens (including phenoxy) is 3. The van der Waals surface area contributed by atoms with Gasteiger partial charge in [-0.25, -0.2) is 0 Å². The van der Waals surface area contributed by atoms with Gasteiger partial charge in [-0.3, -0.25) is 4.79 Å². The lowest BCUT2D eigenvalue weighted by molar-refractivity contribution is 0.0928. The largest absolute Gasteiger partial charge is 0.493 e. The van der Waals surface area contributed by atoms with E-state index in [0.29, 0.717) is 40.6 Å². The first-order valence-corrected chi connectivity index (χ1v) is 11.1. The zero-order valence-corrected chi connectivity index (χ0v) is 20.1. The fourth-order valence-electron chi connectivity index (χ4n) is 3.70. The minimum absolute atomic E-state index is 0.224. The lowest BCUT2D eigenvalue weighted by Gasteiger charge is -2.15. The molecule has 1 N–H and O–H groups in total. The Kier molecular flexibility index (Phi) is 7.30. The topological polar surface area (TPSA) is 95.7 Å². The van der Waals surface area contributed by atoms with Crippen LogP contribution in [0.1, 0.15) is 33.4 Å². The van der Waals surface area contributed by atoms with Crippen molar-refractivity contribution in [3.8, 4) is 28.6 Å². The lowest BCUT2D eigenvalue weighted by Crippen LogP contribution is -2.30. The first kappa shape index (κ1) is 23.8. The number of aryl methyl sites for hydroxylation is 1. The molecule has 1 amide bonds. The monoisotopic (exact) mass is 473 g/mol. The molecule has 8 nitrogen and oxygen atoms in total. The van der Waals surface area contributed by atoms with Gasteiger partial charge in [0.15, 0.2) is 11.5 Å². The van der Waals surface area contributed by atoms with Gasteiger partial charge in [-0.05, 0) is 36.8 Å². The highest BCUT2D eigenvalue weighted by atomic mass is 16.5. The number of benzene rings is 3. The fourth-order valence-corrected chi connectivity index (χ4v) is 3.70. The van der Waals surface area contributed by atoms with Gasteiger partial charge in [0.2, 0.25) is 17.5 Å². The van der Waals surface area contributed by atoms with E-state index >= 15 is 0 Å². The Labute approximate surface area is 203 Å². The van der Waals surface area contributed by atoms with Crippen molar-refractivity contribution in [1.82, 2.24) is 15.5 Å². The van der Waals surface area contributed by atoms with Gasteiger partial charge in [0, 0.05) is 17.5 Å². The summed E-state index contributed by atoms with van der Waals surface area (Å²) in [6.45, 7) is 1.98. The van der Waals surface area contributed by atoms with Crippen LogP contribution in [-0.4, -0.2) is 37.4 Å². The van der Waals surface area contributed by atoms with Crippen molar-refractivity contribution >= 4 is 5.91 Å². The van der Waals surface area contributed by atoms with Crippen LogP contribution in [-0.2, 0) is 6.42 Å². The van der Waals surface area contributed by atoms with Crippen molar-refractivity contribution in [2.24, 2.45) is 0 Å². The summed E-state index contributed by atoms with van der Waals surface area (Å²) in [4.78, 5) is 17.6. The second-order valence-corrected chi connectivity index (χ2v) is 7.95. The first-order valence-electron chi connectivity index (χ1n) is 11.1. The normalized spacial score (nSPS) is 11.5. The SMILES string of the molecule is COc1cc(-c2noc(C(Cc3ccccc3)NC(=O)c3ccc(C)cc3)n2)cc(OC)c1OC. The number of aromatic nitrogens is 2. The molecule has 0 saturated carbocycles. The van der Waals surface area contributed by atoms with Crippen molar-refractivity contribution in [1.29, 1.82) is 0 Å². The maximum absolute atomic E-state index is 13.0. The van der Waals surface area contributed by atoms with Crippen LogP contribution in [0.3, 0.4) is 0 Å². The van der Waals surface area contributed by atoms with Crippen LogP contribution in [0, 0.1) is 6.92 Å². The summed E-state index contributed by atoms with van der Waals surface area (Å²) >= 11 is 0. The number of hydrogen-bond acceptors (Lipinski definition) is 7. The van der Waals surface area contributed by atoms with Crippen LogP contribution in [0.2, 0.25) is 0 Å². The third kappa shape index (κ3) is 5.43. The maximum atomic E-state index is 13.0. The van der Waals surface area contributed by atoms with Gasteiger partial charge in [0.25, 0.3) is 5.91 Å². The van der Waals surface area contributed by atoms with Crippen LogP contribution < -0.4 is 19.5 Å². The molecular formula is C27H27N3O5. The molecule has 1 aromatic heterocycles. The highest BCUT2D eigenvalue weighted by Crippen LogP contribution is 2.40. The fraction of sp³-hybridized carbons (Fsp3) is 0.222. The van der Waals surface area contributed by atoms with Crippen molar-refractivity contribution in [2.75, 3.05) is 21.3 Å². The number of amides is 1. The van der Waals surface area contributed by atoms with Crippen LogP contribution in [0.15, 0.2) is 71.3 Å². The molecule has 0 aliphatic rings. The standard InChI is InChI=1S/C27H27N3O5/c1-17-10-12-19(13-11-17)26(31)28-21(14-18-8-6-5-7-9-18)27-29-25(30-35-27)20-15-22(32-2)24(34-4)23(16-20)33-3/h5-13,15-16,21H,14H2,1-4H3,(H,28,31). The minimum atomic E-state index is -0.533. The molecule has 180 valence electrons. The average molecular weight is 474 g/mol. The Hall–Kier alpha value is -4.33. The highest BCUT2D eigenvalue weighted by molar-refractivity contribution is 5.94. The highest BCUT2D eigenvalue weighted by Gasteiger charge is 2.24. The lowest BCUT2D eigenvalue weighted by atomic mass is 10.0. The molecule has 0 spiro atoms. The molecule has 1 heterocycles. The molecule has 0 bridgehead atoms. The molecule has 0 aliphatic carbocycles. The molecule has 4 aromatic rings. The van der Waals surface area contributed by atoms with Gasteiger partial charge in [-0.2, -0.15) is 4.98 Å². The van der Waals surface area contributed by atoms with Gasteiger partial charge >= 0.3 is 0 Å². The van der Waals surface area contributed by atoms with Crippen LogP contribution in [0.5, 0.6) is 17.2 Å². The smallest absolute Gasteiger partial charge is 0.251 e. The van der Waals surface area contributed by atoms with Crippen molar-refractivity contribution in [3.63, 3.8) is 0 Å². The Morgan fingerprint density at radius 3 is 2.20 bits per heavy atom. The molecule has 0 aliphatic heterocycles. The Balaban J connectivity index is 1.66. The third-order valence-electron chi connectivity index (χ3n) is 5.56. The van der Waals surface area contributed by atoms with E-state index in [0.717, 1.165) is 11.1 Å². The van der Waals surface area contributed by atoms with E-state index in [1.807, 2.05) is 49.4 Å². The Morgan fingerprint density at radius 1 is 0.943 bits per heavy atom. The summed E-state index contributed by atoms with van der Waals surface area (Å²) < 4.78 is 21.9. The summed E-state index contributed by atoms with van der Waals surface area (Å²) in [6.07, 6.45) is 0.481. The van der Waals surface area contributed by atoms with Crippen LogP contribution >= 0.6 is 0 Å². The van der Waals surface area contributed by atoms with Crippen molar-refractivity contribution < 1.29 is 23.5 Å². The van der Waals surface area contributed by atoms with E-state index in [4.69, 9.17) is 18.7 Å². The number of rotatable bonds is 9. The number of methoxy groups -OCH3 is 3. The number of hydrogen-bond donors (Lipinski definition) is 1. The molecule has 1 unspecified atom stereocenters. The molecule has 8 heteroatoms. The van der Waals surface area contributed by atoms with Gasteiger partial charge in [0.05, 0.1) is 21.3 Å². The van der Waals surface area contributed by atoms with Gasteiger partial charge in [-0.1, -0.05) is 53.2 Å². The predicted octanol–water partition coefficient (Wildman–Crippen LogP) is 4.78. The predicted molar refractivity (Wildman–Crippen MR) is 131 cm³/mol. The molecule has 4 rings (SSSR count). The van der Waals surface area contributed by atoms with Gasteiger partial charge in [-0.15, -0.1) is 0 Å². The molecule has 35 heavy (non-hydrogen) atoms. The summed E-state index contributed by atoms with van der Waals surface area (Å²) in [5.41, 5.74) is 3.28. The molecule has 0 fully saturated rings. The first-order chi connectivity index (χ1) is 17.0. The summed E-state index contributed by atoms with van der Waals surface area (Å²) in [7, 11) is 4.62. The summed E-state index contributed by atoms with van der Waals surface area (Å²) in [5.74, 6) is 1.82. The Bertz CT molecular complexity index is 1260. The number of nitrogens with zero attached hydrogens (tertiary/aromatic N) is 2. The van der Waals surface area contributed by atoms with E-state index in [-0.39, 0.29) is 11.8 Å². The van der Waals surface area contributed by atoms with E-state index in [1.54, 1.807) is 38.5 Å². The quantitative estimate of drug-likeness (QED) is 0.374. The van der Waals surface area contributed by atoms with Gasteiger partial charge < -0.3 is 24.1 Å². The Morgan fingerprint density at radius 2 is 1.60 bits per heavy atom. The van der Waals surface area contributed by atoms with E-state index in [1.165, 1.54) is 7.11 Å². The molecular weight excluding hydrogens is 446 g/mol. The average Bonchev–Trinajstić information content (AvgIpc) is 3.38. The van der Waals surface area contributed by atoms with Crippen molar-refractivity contribution in [2.45, 2.75) is 19.4 Å². The maximum Gasteiger partial charge on any atom is 0.251 e. The molecule has 1 atom stereocenters. The molecule has 0 radical (unpaired) electrons. The molecule has 3 aromatic carbocycles. The zero-order chi connectivity index (χ0) is 24.8. The number of nitrogens with one attached hydrogen (secondary N) is 1. The number of carbonyl (C=O) groups excluding carboxylic acids is 1. The second kappa shape index (κ2) is 10.7. The second-order valence-electron chi connectivity index (χ2n) is 7.95. The van der Waals surface area contributed by atoms with Gasteiger partial charge in [0.1, 0.15) is 6.04 Å². The minimum Gasteiger partial charge on any atom is -0.493 e. The zero-order valence-electron chi connectivity index (χ0n) is 20.1. The van der Waals surface area contributed by atoms with E-state index in [2.05, 4.69) is 15.5 Å². The summed E-state index contributed by atoms with van der Waals surface area (Å²) in [5, 5.41) is 7.20. The summed E-state index contributed by atoms with van der Waals surface area (Å²) in [6, 6.07) is 20.1. The number of carbonyl (C=O) groups is 1. The van der Waals surface area contributed by atoms with Crippen molar-refractivity contribution in [3.05, 3.63) is 89.3 Å². The van der Waals surface area contributed by atoms with E-state index in [9.17, 15) is 4.79 Å². The van der Waals surface area contributed by atoms with E-state index < -0.39 is 6.04 Å². The van der Waals surface area contributed by atoms with Crippen LogP contribution in [0.4, 0.5) is 0 Å². The van der Waals surface area contributed by atoms with Crippen LogP contribution in [0.25, 0.3) is 11.4 Å².